The van der Waals surface area contributed by atoms with Gasteiger partial charge in [0.25, 0.3) is 0 Å². The lowest BCUT2D eigenvalue weighted by molar-refractivity contribution is 0.295. The molecule has 0 bridgehead atoms. The van der Waals surface area contributed by atoms with Crippen LogP contribution in [-0.4, -0.2) is 25.9 Å². The fourth-order valence-electron chi connectivity index (χ4n) is 1.44. The van der Waals surface area contributed by atoms with Gasteiger partial charge in [0.15, 0.2) is 9.84 Å². The van der Waals surface area contributed by atoms with Crippen molar-refractivity contribution in [3.8, 4) is 0 Å². The molecule has 0 saturated carbocycles. The first kappa shape index (κ1) is 13.1. The summed E-state index contributed by atoms with van der Waals surface area (Å²) in [6, 6.07) is 5.84. The molecular weight excluding hydrogens is 231 g/mol. The van der Waals surface area contributed by atoms with Gasteiger partial charge in [0.05, 0.1) is 11.0 Å². The Kier molecular flexibility index (Phi) is 4.44. The molecule has 1 N–H and O–H groups in total. The average molecular weight is 246 g/mol. The summed E-state index contributed by atoms with van der Waals surface area (Å²) in [4.78, 5) is 0. The first-order valence-corrected chi connectivity index (χ1v) is 6.77. The molecule has 1 unspecified atom stereocenters. The van der Waals surface area contributed by atoms with Gasteiger partial charge in [-0.15, -0.1) is 0 Å². The molecule has 1 atom stereocenters. The van der Waals surface area contributed by atoms with Crippen LogP contribution in [0.5, 0.6) is 0 Å². The molecule has 1 aromatic carbocycles. The average Bonchev–Trinajstić information content (AvgIpc) is 2.26. The van der Waals surface area contributed by atoms with E-state index < -0.39 is 20.9 Å². The van der Waals surface area contributed by atoms with Crippen molar-refractivity contribution in [3.63, 3.8) is 0 Å². The zero-order valence-electron chi connectivity index (χ0n) is 9.06. The molecule has 3 nitrogen and oxygen atoms in total. The Hall–Kier alpha value is -0.940. The number of hydrogen-bond donors (Lipinski definition) is 1. The summed E-state index contributed by atoms with van der Waals surface area (Å²) < 4.78 is 36.9. The summed E-state index contributed by atoms with van der Waals surface area (Å²) >= 11 is 0. The lowest BCUT2D eigenvalue weighted by Gasteiger charge is -2.13. The van der Waals surface area contributed by atoms with Gasteiger partial charge in [0, 0.05) is 12.2 Å². The molecule has 1 aromatic rings. The van der Waals surface area contributed by atoms with E-state index in [1.807, 2.05) is 0 Å². The van der Waals surface area contributed by atoms with Crippen molar-refractivity contribution in [1.29, 1.82) is 0 Å². The van der Waals surface area contributed by atoms with Gasteiger partial charge in [-0.3, -0.25) is 0 Å². The zero-order chi connectivity index (χ0) is 12.2. The summed E-state index contributed by atoms with van der Waals surface area (Å²) in [5.74, 6) is -0.637. The number of hydrogen-bond acceptors (Lipinski definition) is 3. The maximum atomic E-state index is 13.4. The molecule has 0 amide bonds. The van der Waals surface area contributed by atoms with Crippen LogP contribution in [0.3, 0.4) is 0 Å². The van der Waals surface area contributed by atoms with Crippen LogP contribution in [0.2, 0.25) is 0 Å². The number of aliphatic hydroxyl groups is 1. The van der Waals surface area contributed by atoms with Crippen molar-refractivity contribution in [1.82, 2.24) is 0 Å². The number of sulfone groups is 1. The first-order valence-electron chi connectivity index (χ1n) is 5.06. The van der Waals surface area contributed by atoms with E-state index in [4.69, 9.17) is 5.11 Å². The van der Waals surface area contributed by atoms with Crippen molar-refractivity contribution in [2.24, 2.45) is 0 Å². The predicted molar refractivity (Wildman–Crippen MR) is 60.3 cm³/mol. The monoisotopic (exact) mass is 246 g/mol. The Morgan fingerprint density at radius 1 is 1.38 bits per heavy atom. The fraction of sp³-hybridized carbons (Fsp3) is 0.455. The second-order valence-corrected chi connectivity index (χ2v) is 6.05. The molecule has 0 aliphatic heterocycles. The number of rotatable bonds is 5. The van der Waals surface area contributed by atoms with E-state index in [0.717, 1.165) is 0 Å². The van der Waals surface area contributed by atoms with Gasteiger partial charge in [-0.2, -0.15) is 0 Å². The second-order valence-electron chi connectivity index (χ2n) is 3.61. The van der Waals surface area contributed by atoms with Gasteiger partial charge < -0.3 is 5.11 Å². The highest BCUT2D eigenvalue weighted by Crippen LogP contribution is 2.25. The number of aliphatic hydroxyl groups excluding tert-OH is 1. The van der Waals surface area contributed by atoms with Gasteiger partial charge in [-0.25, -0.2) is 12.8 Å². The topological polar surface area (TPSA) is 54.4 Å². The second kappa shape index (κ2) is 5.41. The van der Waals surface area contributed by atoms with E-state index in [1.54, 1.807) is 6.07 Å². The Morgan fingerprint density at radius 2 is 2.00 bits per heavy atom. The van der Waals surface area contributed by atoms with Crippen molar-refractivity contribution in [3.05, 3.63) is 35.6 Å². The highest BCUT2D eigenvalue weighted by Gasteiger charge is 2.24. The molecule has 0 aliphatic carbocycles. The van der Waals surface area contributed by atoms with E-state index in [0.29, 0.717) is 0 Å². The normalized spacial score (nSPS) is 13.7. The van der Waals surface area contributed by atoms with Crippen LogP contribution in [0.1, 0.15) is 24.2 Å². The molecule has 5 heteroatoms. The first-order chi connectivity index (χ1) is 7.49. The molecule has 0 heterocycles. The molecule has 0 aliphatic rings. The molecule has 0 radical (unpaired) electrons. The minimum atomic E-state index is -3.40. The van der Waals surface area contributed by atoms with Gasteiger partial charge >= 0.3 is 0 Å². The molecule has 0 saturated heterocycles. The predicted octanol–water partition coefficient (Wildman–Crippen LogP) is 1.68. The maximum Gasteiger partial charge on any atom is 0.157 e. The zero-order valence-corrected chi connectivity index (χ0v) is 9.87. The summed E-state index contributed by atoms with van der Waals surface area (Å²) in [5.41, 5.74) is 0.181. The Bertz CT molecular complexity index is 442. The van der Waals surface area contributed by atoms with Crippen LogP contribution in [0.15, 0.2) is 24.3 Å². The summed E-state index contributed by atoms with van der Waals surface area (Å²) in [6.07, 6.45) is 0.182. The van der Waals surface area contributed by atoms with Crippen LogP contribution >= 0.6 is 0 Å². The lowest BCUT2D eigenvalue weighted by Crippen LogP contribution is -2.16. The van der Waals surface area contributed by atoms with Crippen molar-refractivity contribution >= 4 is 9.84 Å². The summed E-state index contributed by atoms with van der Waals surface area (Å²) in [7, 11) is -3.40. The van der Waals surface area contributed by atoms with Gasteiger partial charge in [0.1, 0.15) is 5.82 Å². The van der Waals surface area contributed by atoms with E-state index in [1.165, 1.54) is 25.1 Å². The molecule has 90 valence electrons. The number of halogens is 1. The highest BCUT2D eigenvalue weighted by molar-refractivity contribution is 7.91. The lowest BCUT2D eigenvalue weighted by atomic mass is 10.1. The fourth-order valence-corrected chi connectivity index (χ4v) is 2.90. The Balaban J connectivity index is 2.94. The van der Waals surface area contributed by atoms with Gasteiger partial charge in [-0.05, 0) is 19.4 Å². The molecule has 0 aromatic heterocycles. The third-order valence-electron chi connectivity index (χ3n) is 2.47. The SMILES string of the molecule is CC(c1ccccc1F)S(=O)(=O)CCCO. The van der Waals surface area contributed by atoms with Crippen molar-refractivity contribution < 1.29 is 17.9 Å². The molecule has 16 heavy (non-hydrogen) atoms. The minimum absolute atomic E-state index is 0.126. The van der Waals surface area contributed by atoms with Crippen LogP contribution in [-0.2, 0) is 9.84 Å². The number of benzene rings is 1. The third-order valence-corrected chi connectivity index (χ3v) is 4.66. The van der Waals surface area contributed by atoms with E-state index >= 15 is 0 Å². The quantitative estimate of drug-likeness (QED) is 0.860. The standard InChI is InChI=1S/C11H15FO3S/c1-9(16(14,15)8-4-7-13)10-5-2-3-6-11(10)12/h2-3,5-6,9,13H,4,7-8H2,1H3. The molecule has 1 rings (SSSR count). The van der Waals surface area contributed by atoms with Gasteiger partial charge in [-0.1, -0.05) is 18.2 Å². The highest BCUT2D eigenvalue weighted by atomic mass is 32.2. The van der Waals surface area contributed by atoms with Gasteiger partial charge in [0.2, 0.25) is 0 Å². The summed E-state index contributed by atoms with van der Waals surface area (Å²) in [6.45, 7) is 1.29. The van der Waals surface area contributed by atoms with E-state index in [2.05, 4.69) is 0 Å². The van der Waals surface area contributed by atoms with Crippen LogP contribution < -0.4 is 0 Å². The van der Waals surface area contributed by atoms with Crippen LogP contribution in [0.25, 0.3) is 0 Å². The summed E-state index contributed by atoms with van der Waals surface area (Å²) in [5, 5.41) is 7.72. The van der Waals surface area contributed by atoms with Crippen LogP contribution in [0, 0.1) is 5.82 Å². The smallest absolute Gasteiger partial charge is 0.157 e. The Labute approximate surface area is 94.8 Å². The maximum absolute atomic E-state index is 13.4. The van der Waals surface area contributed by atoms with E-state index in [9.17, 15) is 12.8 Å². The molecule has 0 spiro atoms. The minimum Gasteiger partial charge on any atom is -0.396 e. The van der Waals surface area contributed by atoms with Crippen molar-refractivity contribution in [2.75, 3.05) is 12.4 Å². The van der Waals surface area contributed by atoms with Crippen LogP contribution in [0.4, 0.5) is 4.39 Å². The third kappa shape index (κ3) is 3.02. The molecular formula is C11H15FO3S. The van der Waals surface area contributed by atoms with Crippen molar-refractivity contribution in [2.45, 2.75) is 18.6 Å². The van der Waals surface area contributed by atoms with E-state index in [-0.39, 0.29) is 24.3 Å². The Morgan fingerprint density at radius 3 is 2.56 bits per heavy atom. The molecule has 0 fully saturated rings. The largest absolute Gasteiger partial charge is 0.396 e.